The van der Waals surface area contributed by atoms with Gasteiger partial charge in [0.25, 0.3) is 0 Å². The van der Waals surface area contributed by atoms with Crippen LogP contribution in [0.3, 0.4) is 0 Å². The summed E-state index contributed by atoms with van der Waals surface area (Å²) < 4.78 is 0.674. The molecule has 0 N–H and O–H groups in total. The number of benzene rings is 1. The maximum absolute atomic E-state index is 11.1. The Bertz CT molecular complexity index is 369. The number of aryl methyl sites for hydroxylation is 1. The molecule has 0 saturated heterocycles. The van der Waals surface area contributed by atoms with Gasteiger partial charge in [-0.15, -0.1) is 0 Å². The van der Waals surface area contributed by atoms with Crippen molar-refractivity contribution >= 4 is 28.0 Å². The van der Waals surface area contributed by atoms with Gasteiger partial charge in [0.1, 0.15) is 0 Å². The molecule has 0 bridgehead atoms. The summed E-state index contributed by atoms with van der Waals surface area (Å²) in [5, 5.41) is 0. The molecule has 0 aliphatic rings. The van der Waals surface area contributed by atoms with Crippen LogP contribution >= 0.6 is 15.9 Å². The summed E-state index contributed by atoms with van der Waals surface area (Å²) in [5.41, 5.74) is 1.86. The number of carbonyl (C=O) groups is 2. The zero-order valence-electron chi connectivity index (χ0n) is 7.43. The lowest BCUT2D eigenvalue weighted by molar-refractivity contribution is 0.100. The van der Waals surface area contributed by atoms with Gasteiger partial charge in [-0.2, -0.15) is 0 Å². The van der Waals surface area contributed by atoms with Gasteiger partial charge >= 0.3 is 0 Å². The molecule has 1 aromatic rings. The van der Waals surface area contributed by atoms with Crippen LogP contribution in [0.1, 0.15) is 33.2 Å². The summed E-state index contributed by atoms with van der Waals surface area (Å²) in [6.07, 6.45) is 0.695. The van der Waals surface area contributed by atoms with Crippen molar-refractivity contribution in [2.45, 2.75) is 13.8 Å². The molecule has 13 heavy (non-hydrogen) atoms. The van der Waals surface area contributed by atoms with E-state index in [0.717, 1.165) is 5.56 Å². The number of aldehydes is 1. The monoisotopic (exact) mass is 240 g/mol. The third-order valence-electron chi connectivity index (χ3n) is 1.77. The topological polar surface area (TPSA) is 34.1 Å². The molecule has 2 nitrogen and oxygen atoms in total. The molecule has 0 radical (unpaired) electrons. The highest BCUT2D eigenvalue weighted by Gasteiger charge is 2.10. The average Bonchev–Trinajstić information content (AvgIpc) is 2.02. The number of rotatable bonds is 2. The van der Waals surface area contributed by atoms with Crippen LogP contribution in [-0.4, -0.2) is 12.1 Å². The second-order valence-electron chi connectivity index (χ2n) is 2.88. The Balaban J connectivity index is 3.46. The maximum atomic E-state index is 11.1. The fraction of sp³-hybridized carbons (Fsp3) is 0.200. The van der Waals surface area contributed by atoms with Crippen LogP contribution in [0.15, 0.2) is 16.6 Å². The van der Waals surface area contributed by atoms with Crippen molar-refractivity contribution in [3.8, 4) is 0 Å². The third kappa shape index (κ3) is 2.04. The molecule has 3 heteroatoms. The molecule has 1 rings (SSSR count). The van der Waals surface area contributed by atoms with Gasteiger partial charge in [0.05, 0.1) is 0 Å². The number of halogens is 1. The van der Waals surface area contributed by atoms with E-state index in [4.69, 9.17) is 0 Å². The summed E-state index contributed by atoms with van der Waals surface area (Å²) in [7, 11) is 0. The Morgan fingerprint density at radius 1 is 1.46 bits per heavy atom. The quantitative estimate of drug-likeness (QED) is 0.589. The normalized spacial score (nSPS) is 9.77. The first-order chi connectivity index (χ1) is 6.06. The van der Waals surface area contributed by atoms with Crippen LogP contribution in [0.25, 0.3) is 0 Å². The first kappa shape index (κ1) is 10.1. The highest BCUT2D eigenvalue weighted by atomic mass is 79.9. The maximum Gasteiger partial charge on any atom is 0.160 e. The van der Waals surface area contributed by atoms with Gasteiger partial charge in [-0.1, -0.05) is 15.9 Å². The van der Waals surface area contributed by atoms with Crippen molar-refractivity contribution in [1.29, 1.82) is 0 Å². The summed E-state index contributed by atoms with van der Waals surface area (Å²) >= 11 is 3.24. The highest BCUT2D eigenvalue weighted by Crippen LogP contribution is 2.21. The van der Waals surface area contributed by atoms with E-state index in [1.165, 1.54) is 6.92 Å². The lowest BCUT2D eigenvalue weighted by Crippen LogP contribution is -2.00. The minimum absolute atomic E-state index is 0.0912. The van der Waals surface area contributed by atoms with Crippen LogP contribution in [-0.2, 0) is 0 Å². The Morgan fingerprint density at radius 3 is 2.54 bits per heavy atom. The van der Waals surface area contributed by atoms with E-state index in [1.54, 1.807) is 6.07 Å². The van der Waals surface area contributed by atoms with E-state index >= 15 is 0 Å². The number of hydrogen-bond acceptors (Lipinski definition) is 2. The number of carbonyl (C=O) groups excluding carboxylic acids is 2. The molecule has 0 aromatic heterocycles. The van der Waals surface area contributed by atoms with Crippen molar-refractivity contribution in [3.05, 3.63) is 33.3 Å². The number of Topliss-reactive ketones (excluding diaryl/α,β-unsaturated/α-hetero) is 1. The molecule has 0 atom stereocenters. The minimum Gasteiger partial charge on any atom is -0.298 e. The van der Waals surface area contributed by atoms with E-state index in [0.29, 0.717) is 21.9 Å². The van der Waals surface area contributed by atoms with Crippen LogP contribution in [0.2, 0.25) is 0 Å². The van der Waals surface area contributed by atoms with E-state index < -0.39 is 0 Å². The van der Waals surface area contributed by atoms with Crippen LogP contribution < -0.4 is 0 Å². The Hall–Kier alpha value is -0.960. The zero-order chi connectivity index (χ0) is 10.0. The Kier molecular flexibility index (Phi) is 2.98. The van der Waals surface area contributed by atoms with Gasteiger partial charge in [0.2, 0.25) is 0 Å². The third-order valence-corrected chi connectivity index (χ3v) is 2.43. The first-order valence-corrected chi connectivity index (χ1v) is 4.62. The SMILES string of the molecule is CC(=O)c1cc(C)cc(Br)c1C=O. The molecule has 1 aromatic carbocycles. The Morgan fingerprint density at radius 2 is 2.08 bits per heavy atom. The minimum atomic E-state index is -0.0912. The van der Waals surface area contributed by atoms with Crippen LogP contribution in [0, 0.1) is 6.92 Å². The zero-order valence-corrected chi connectivity index (χ0v) is 9.01. The molecule has 0 fully saturated rings. The van der Waals surface area contributed by atoms with Crippen molar-refractivity contribution in [2.75, 3.05) is 0 Å². The fourth-order valence-electron chi connectivity index (χ4n) is 1.16. The van der Waals surface area contributed by atoms with E-state index in [-0.39, 0.29) is 5.78 Å². The molecular formula is C10H9BrO2. The molecule has 0 aliphatic heterocycles. The summed E-state index contributed by atoms with van der Waals surface area (Å²) in [6.45, 7) is 3.33. The van der Waals surface area contributed by atoms with Gasteiger partial charge < -0.3 is 0 Å². The van der Waals surface area contributed by atoms with Gasteiger partial charge in [0.15, 0.2) is 12.1 Å². The standard InChI is InChI=1S/C10H9BrO2/c1-6-3-8(7(2)13)9(5-12)10(11)4-6/h3-5H,1-2H3. The average molecular weight is 241 g/mol. The fourth-order valence-corrected chi connectivity index (χ4v) is 1.83. The molecule has 68 valence electrons. The van der Waals surface area contributed by atoms with E-state index in [9.17, 15) is 9.59 Å². The van der Waals surface area contributed by atoms with Crippen molar-refractivity contribution in [2.24, 2.45) is 0 Å². The Labute approximate surface area is 85.1 Å². The summed E-state index contributed by atoms with van der Waals surface area (Å²) in [4.78, 5) is 21.8. The number of hydrogen-bond donors (Lipinski definition) is 0. The lowest BCUT2D eigenvalue weighted by Gasteiger charge is -2.04. The molecular weight excluding hydrogens is 232 g/mol. The van der Waals surface area contributed by atoms with Gasteiger partial charge in [-0.05, 0) is 31.5 Å². The summed E-state index contributed by atoms with van der Waals surface area (Å²) in [6, 6.07) is 3.53. The molecule has 0 heterocycles. The molecule has 0 spiro atoms. The molecule has 0 unspecified atom stereocenters. The van der Waals surface area contributed by atoms with Gasteiger partial charge in [0, 0.05) is 15.6 Å². The second-order valence-corrected chi connectivity index (χ2v) is 3.74. The lowest BCUT2D eigenvalue weighted by atomic mass is 10.0. The predicted octanol–water partition coefficient (Wildman–Crippen LogP) is 2.77. The second kappa shape index (κ2) is 3.83. The summed E-state index contributed by atoms with van der Waals surface area (Å²) in [5.74, 6) is -0.0912. The van der Waals surface area contributed by atoms with Crippen LogP contribution in [0.5, 0.6) is 0 Å². The van der Waals surface area contributed by atoms with Crippen molar-refractivity contribution in [1.82, 2.24) is 0 Å². The van der Waals surface area contributed by atoms with E-state index in [2.05, 4.69) is 15.9 Å². The predicted molar refractivity (Wildman–Crippen MR) is 54.3 cm³/mol. The van der Waals surface area contributed by atoms with Crippen LogP contribution in [0.4, 0.5) is 0 Å². The molecule has 0 amide bonds. The molecule has 0 aliphatic carbocycles. The first-order valence-electron chi connectivity index (χ1n) is 3.82. The van der Waals surface area contributed by atoms with Crippen molar-refractivity contribution in [3.63, 3.8) is 0 Å². The molecule has 0 saturated carbocycles. The highest BCUT2D eigenvalue weighted by molar-refractivity contribution is 9.10. The number of ketones is 1. The smallest absolute Gasteiger partial charge is 0.160 e. The van der Waals surface area contributed by atoms with Crippen molar-refractivity contribution < 1.29 is 9.59 Å². The van der Waals surface area contributed by atoms with Gasteiger partial charge in [-0.3, -0.25) is 9.59 Å². The van der Waals surface area contributed by atoms with E-state index in [1.807, 2.05) is 13.0 Å². The largest absolute Gasteiger partial charge is 0.298 e. The van der Waals surface area contributed by atoms with Gasteiger partial charge in [-0.25, -0.2) is 0 Å².